The van der Waals surface area contributed by atoms with Crippen molar-refractivity contribution >= 4 is 17.5 Å². The second kappa shape index (κ2) is 6.40. The summed E-state index contributed by atoms with van der Waals surface area (Å²) in [5.74, 6) is 0.281. The van der Waals surface area contributed by atoms with Crippen molar-refractivity contribution in [3.8, 4) is 0 Å². The maximum Gasteiger partial charge on any atom is 0.255 e. The highest BCUT2D eigenvalue weighted by Crippen LogP contribution is 2.34. The summed E-state index contributed by atoms with van der Waals surface area (Å²) in [6, 6.07) is 10.9. The van der Waals surface area contributed by atoms with Crippen LogP contribution < -0.4 is 10.6 Å². The smallest absolute Gasteiger partial charge is 0.255 e. The lowest BCUT2D eigenvalue weighted by molar-refractivity contribution is -0.113. The van der Waals surface area contributed by atoms with Crippen LogP contribution in [0.1, 0.15) is 24.1 Å². The number of carbonyl (C=O) groups is 1. The van der Waals surface area contributed by atoms with Crippen molar-refractivity contribution in [1.82, 2.24) is 25.2 Å². The number of allylic oxidation sites excluding steroid dienone is 1. The van der Waals surface area contributed by atoms with Gasteiger partial charge in [0.15, 0.2) is 0 Å². The van der Waals surface area contributed by atoms with Crippen LogP contribution >= 0.6 is 0 Å². The number of pyridine rings is 1. The van der Waals surface area contributed by atoms with E-state index in [-0.39, 0.29) is 5.91 Å². The highest BCUT2D eigenvalue weighted by atomic mass is 16.1. The van der Waals surface area contributed by atoms with Crippen LogP contribution in [0.2, 0.25) is 0 Å². The highest BCUT2D eigenvalue weighted by Gasteiger charge is 2.34. The minimum Gasteiger partial charge on any atom is -0.326 e. The zero-order chi connectivity index (χ0) is 18.1. The summed E-state index contributed by atoms with van der Waals surface area (Å²) < 4.78 is 1.59. The molecule has 8 heteroatoms. The van der Waals surface area contributed by atoms with Crippen molar-refractivity contribution in [1.29, 1.82) is 0 Å². The maximum absolute atomic E-state index is 13.1. The molecule has 2 N–H and O–H groups in total. The molecule has 130 valence electrons. The van der Waals surface area contributed by atoms with E-state index in [0.29, 0.717) is 17.2 Å². The third-order valence-corrected chi connectivity index (χ3v) is 4.35. The number of nitrogens with zero attached hydrogens (tertiary/aromatic N) is 5. The van der Waals surface area contributed by atoms with E-state index in [1.165, 1.54) is 0 Å². The molecule has 0 aliphatic carbocycles. The molecule has 0 radical (unpaired) electrons. The van der Waals surface area contributed by atoms with Gasteiger partial charge in [0.1, 0.15) is 6.04 Å². The molecule has 0 bridgehead atoms. The first-order valence-electron chi connectivity index (χ1n) is 8.17. The number of carbonyl (C=O) groups excluding carboxylic acids is 1. The zero-order valence-electron chi connectivity index (χ0n) is 14.3. The Kier molecular flexibility index (Phi) is 3.92. The van der Waals surface area contributed by atoms with Crippen molar-refractivity contribution < 1.29 is 4.79 Å². The first-order chi connectivity index (χ1) is 12.6. The molecule has 3 heterocycles. The molecule has 4 rings (SSSR count). The first-order valence-corrected chi connectivity index (χ1v) is 8.17. The summed E-state index contributed by atoms with van der Waals surface area (Å²) in [5, 5.41) is 17.9. The molecule has 1 aliphatic heterocycles. The quantitative estimate of drug-likeness (QED) is 0.754. The third kappa shape index (κ3) is 2.71. The maximum atomic E-state index is 13.1. The van der Waals surface area contributed by atoms with Gasteiger partial charge in [-0.1, -0.05) is 29.4 Å². The van der Waals surface area contributed by atoms with Crippen molar-refractivity contribution in [2.75, 3.05) is 10.6 Å². The minimum atomic E-state index is -0.459. The lowest BCUT2D eigenvalue weighted by Crippen LogP contribution is -2.31. The van der Waals surface area contributed by atoms with E-state index in [1.807, 2.05) is 50.2 Å². The van der Waals surface area contributed by atoms with Crippen LogP contribution in [-0.4, -0.2) is 31.1 Å². The van der Waals surface area contributed by atoms with Crippen LogP contribution in [0.15, 0.2) is 60.1 Å². The largest absolute Gasteiger partial charge is 0.326 e. The molecule has 1 amide bonds. The number of hydrogen-bond donors (Lipinski definition) is 2. The Hall–Kier alpha value is -3.55. The number of hydrogen-bond acceptors (Lipinski definition) is 6. The summed E-state index contributed by atoms with van der Waals surface area (Å²) in [6.07, 6.45) is 3.41. The molecule has 1 aromatic carbocycles. The van der Waals surface area contributed by atoms with Crippen LogP contribution in [-0.2, 0) is 4.79 Å². The van der Waals surface area contributed by atoms with Crippen LogP contribution in [0.4, 0.5) is 11.6 Å². The van der Waals surface area contributed by atoms with E-state index >= 15 is 0 Å². The first kappa shape index (κ1) is 15.9. The van der Waals surface area contributed by atoms with E-state index < -0.39 is 6.04 Å². The molecular formula is C18H17N7O. The number of anilines is 2. The van der Waals surface area contributed by atoms with Crippen molar-refractivity contribution in [2.24, 2.45) is 0 Å². The van der Waals surface area contributed by atoms with Crippen LogP contribution in [0, 0.1) is 6.92 Å². The normalized spacial score (nSPS) is 16.0. The molecule has 26 heavy (non-hydrogen) atoms. The summed E-state index contributed by atoms with van der Waals surface area (Å²) in [4.78, 5) is 17.3. The van der Waals surface area contributed by atoms with E-state index in [9.17, 15) is 4.79 Å². The number of benzene rings is 1. The average Bonchev–Trinajstić information content (AvgIpc) is 3.11. The predicted octanol–water partition coefficient (Wildman–Crippen LogP) is 2.30. The topological polar surface area (TPSA) is 97.6 Å². The van der Waals surface area contributed by atoms with Crippen molar-refractivity contribution in [2.45, 2.75) is 19.9 Å². The van der Waals surface area contributed by atoms with Gasteiger partial charge in [0.2, 0.25) is 5.95 Å². The van der Waals surface area contributed by atoms with E-state index in [0.717, 1.165) is 16.8 Å². The van der Waals surface area contributed by atoms with Gasteiger partial charge in [-0.2, -0.15) is 4.68 Å². The fraction of sp³-hybridized carbons (Fsp3) is 0.167. The van der Waals surface area contributed by atoms with E-state index in [2.05, 4.69) is 31.1 Å². The number of tetrazole rings is 1. The molecule has 1 aliphatic rings. The molecule has 0 fully saturated rings. The molecule has 0 saturated carbocycles. The summed E-state index contributed by atoms with van der Waals surface area (Å²) in [7, 11) is 0. The molecule has 8 nitrogen and oxygen atoms in total. The fourth-order valence-corrected chi connectivity index (χ4v) is 3.06. The summed E-state index contributed by atoms with van der Waals surface area (Å²) in [6.45, 7) is 3.79. The lowest BCUT2D eigenvalue weighted by atomic mass is 9.96. The Morgan fingerprint density at radius 1 is 1.19 bits per heavy atom. The van der Waals surface area contributed by atoms with Crippen molar-refractivity contribution in [3.63, 3.8) is 0 Å². The molecule has 3 aromatic rings. The Morgan fingerprint density at radius 2 is 2.04 bits per heavy atom. The number of rotatable bonds is 3. The van der Waals surface area contributed by atoms with Crippen LogP contribution in [0.3, 0.4) is 0 Å². The summed E-state index contributed by atoms with van der Waals surface area (Å²) >= 11 is 0. The van der Waals surface area contributed by atoms with Gasteiger partial charge in [0.25, 0.3) is 5.91 Å². The molecule has 1 atom stereocenters. The van der Waals surface area contributed by atoms with Gasteiger partial charge >= 0.3 is 0 Å². The zero-order valence-corrected chi connectivity index (χ0v) is 14.3. The van der Waals surface area contributed by atoms with Gasteiger partial charge in [0, 0.05) is 23.8 Å². The monoisotopic (exact) mass is 347 g/mol. The summed E-state index contributed by atoms with van der Waals surface area (Å²) in [5.41, 5.74) is 3.83. The van der Waals surface area contributed by atoms with E-state index in [4.69, 9.17) is 0 Å². The molecular weight excluding hydrogens is 330 g/mol. The Bertz CT molecular complexity index is 994. The Morgan fingerprint density at radius 3 is 2.81 bits per heavy atom. The van der Waals surface area contributed by atoms with Gasteiger partial charge in [-0.05, 0) is 47.5 Å². The standard InChI is InChI=1S/C18H17N7O/c1-11-6-3-4-8-14(11)21-17(26)15-12(2)20-18-22-23-24-25(18)16(15)13-7-5-9-19-10-13/h3-10,16H,1-2H3,(H,21,26)(H,20,22,24). The second-order valence-corrected chi connectivity index (χ2v) is 6.07. The van der Waals surface area contributed by atoms with Gasteiger partial charge < -0.3 is 10.6 Å². The van der Waals surface area contributed by atoms with Gasteiger partial charge in [-0.15, -0.1) is 0 Å². The van der Waals surface area contributed by atoms with Crippen molar-refractivity contribution in [3.05, 3.63) is 71.2 Å². The number of fused-ring (bicyclic) bond motifs is 1. The number of para-hydroxylation sites is 1. The van der Waals surface area contributed by atoms with Crippen LogP contribution in [0.25, 0.3) is 0 Å². The third-order valence-electron chi connectivity index (χ3n) is 4.35. The number of nitrogens with one attached hydrogen (secondary N) is 2. The average molecular weight is 347 g/mol. The molecule has 1 unspecified atom stereocenters. The Balaban J connectivity index is 1.77. The van der Waals surface area contributed by atoms with Gasteiger partial charge in [0.05, 0.1) is 5.57 Å². The SMILES string of the molecule is CC1=C(C(=O)Nc2ccccc2C)C(c2cccnc2)n2nnnc2N1. The van der Waals surface area contributed by atoms with Gasteiger partial charge in [-0.3, -0.25) is 9.78 Å². The molecule has 0 saturated heterocycles. The lowest BCUT2D eigenvalue weighted by Gasteiger charge is -2.27. The number of aromatic nitrogens is 5. The van der Waals surface area contributed by atoms with E-state index in [1.54, 1.807) is 17.1 Å². The number of amides is 1. The predicted molar refractivity (Wildman–Crippen MR) is 96.3 cm³/mol. The van der Waals surface area contributed by atoms with Crippen LogP contribution in [0.5, 0.6) is 0 Å². The van der Waals surface area contributed by atoms with Gasteiger partial charge in [-0.25, -0.2) is 0 Å². The minimum absolute atomic E-state index is 0.209. The second-order valence-electron chi connectivity index (χ2n) is 6.07. The number of aryl methyl sites for hydroxylation is 1. The Labute approximate surface area is 150 Å². The fourth-order valence-electron chi connectivity index (χ4n) is 3.06. The molecule has 0 spiro atoms. The molecule has 2 aromatic heterocycles. The highest BCUT2D eigenvalue weighted by molar-refractivity contribution is 6.06.